The number of benzene rings is 2. The second kappa shape index (κ2) is 8.97. The fraction of sp³-hybridized carbons (Fsp3) is 0.364. The largest absolute Gasteiger partial charge is 0.416 e. The highest BCUT2D eigenvalue weighted by Gasteiger charge is 2.47. The summed E-state index contributed by atoms with van der Waals surface area (Å²) in [5, 5.41) is 2.56. The van der Waals surface area contributed by atoms with E-state index < -0.39 is 17.8 Å². The van der Waals surface area contributed by atoms with Gasteiger partial charge in [0.05, 0.1) is 10.4 Å². The molecule has 2 aromatic carbocycles. The Hall–Kier alpha value is -2.20. The van der Waals surface area contributed by atoms with Crippen molar-refractivity contribution in [3.05, 3.63) is 64.1 Å². The summed E-state index contributed by atoms with van der Waals surface area (Å²) in [5.74, 6) is 0.808. The van der Waals surface area contributed by atoms with Gasteiger partial charge in [-0.25, -0.2) is 4.79 Å². The van der Waals surface area contributed by atoms with Crippen molar-refractivity contribution in [2.75, 3.05) is 30.7 Å². The molecule has 10 heteroatoms. The minimum atomic E-state index is -4.47. The molecular weight excluding hydrogens is 507 g/mol. The number of halogens is 4. The third-order valence-electron chi connectivity index (χ3n) is 5.79. The van der Waals surface area contributed by atoms with Crippen LogP contribution in [0.5, 0.6) is 0 Å². The van der Waals surface area contributed by atoms with Gasteiger partial charge in [0.15, 0.2) is 0 Å². The van der Waals surface area contributed by atoms with Crippen LogP contribution in [-0.4, -0.2) is 52.0 Å². The third kappa shape index (κ3) is 4.76. The fourth-order valence-corrected chi connectivity index (χ4v) is 5.81. The van der Waals surface area contributed by atoms with Gasteiger partial charge in [-0.1, -0.05) is 22.0 Å². The molecule has 0 aliphatic carbocycles. The molecule has 0 unspecified atom stereocenters. The average Bonchev–Trinajstić information content (AvgIpc) is 3.16. The second-order valence-electron chi connectivity index (χ2n) is 7.75. The molecule has 0 aromatic heterocycles. The second-order valence-corrected chi connectivity index (χ2v) is 10.1. The topological polar surface area (TPSA) is 52.7 Å². The zero-order chi connectivity index (χ0) is 22.9. The molecule has 0 saturated carbocycles. The molecule has 2 saturated heterocycles. The lowest BCUT2D eigenvalue weighted by atomic mass is 10.0. The Morgan fingerprint density at radius 2 is 1.72 bits per heavy atom. The SMILES string of the molecule is O=C(Nc1cccc(C(F)(F)F)c1)N1CCC2(CC1)SCCN2C(=O)c1ccc(Br)cc1. The maximum atomic E-state index is 13.1. The van der Waals surface area contributed by atoms with Crippen LogP contribution in [0.3, 0.4) is 0 Å². The lowest BCUT2D eigenvalue weighted by molar-refractivity contribution is -0.137. The maximum Gasteiger partial charge on any atom is 0.416 e. The molecular formula is C22H21BrF3N3O2S. The number of alkyl halides is 3. The van der Waals surface area contributed by atoms with Crippen molar-refractivity contribution >= 4 is 45.3 Å². The number of likely N-dealkylation sites (tertiary alicyclic amines) is 1. The van der Waals surface area contributed by atoms with Gasteiger partial charge >= 0.3 is 12.2 Å². The minimum absolute atomic E-state index is 0.0237. The van der Waals surface area contributed by atoms with Crippen molar-refractivity contribution in [2.45, 2.75) is 23.9 Å². The van der Waals surface area contributed by atoms with Gasteiger partial charge in [-0.3, -0.25) is 4.79 Å². The zero-order valence-corrected chi connectivity index (χ0v) is 19.4. The van der Waals surface area contributed by atoms with Crippen LogP contribution in [0, 0.1) is 0 Å². The Labute approximate surface area is 196 Å². The van der Waals surface area contributed by atoms with Gasteiger partial charge in [0.1, 0.15) is 0 Å². The highest BCUT2D eigenvalue weighted by molar-refractivity contribution is 9.10. The lowest BCUT2D eigenvalue weighted by Gasteiger charge is -2.44. The number of nitrogens with zero attached hydrogens (tertiary/aromatic N) is 2. The number of piperidine rings is 1. The van der Waals surface area contributed by atoms with Gasteiger partial charge in [-0.2, -0.15) is 13.2 Å². The molecule has 5 nitrogen and oxygen atoms in total. The summed E-state index contributed by atoms with van der Waals surface area (Å²) in [5.41, 5.74) is -0.0791. The van der Waals surface area contributed by atoms with Crippen molar-refractivity contribution in [1.29, 1.82) is 0 Å². The number of hydrogen-bond donors (Lipinski definition) is 1. The number of thioether (sulfide) groups is 1. The van der Waals surface area contributed by atoms with Crippen molar-refractivity contribution in [3.63, 3.8) is 0 Å². The highest BCUT2D eigenvalue weighted by Crippen LogP contribution is 2.44. The molecule has 4 rings (SSSR count). The highest BCUT2D eigenvalue weighted by atomic mass is 79.9. The molecule has 0 bridgehead atoms. The van der Waals surface area contributed by atoms with Crippen LogP contribution in [0.4, 0.5) is 23.7 Å². The van der Waals surface area contributed by atoms with Crippen LogP contribution in [0.1, 0.15) is 28.8 Å². The average molecular weight is 528 g/mol. The standard InChI is InChI=1S/C22H21BrF3N3O2S/c23-17-6-4-15(5-7-17)19(30)29-12-13-32-21(29)8-10-28(11-9-21)20(31)27-18-3-1-2-16(14-18)22(24,25)26/h1-7,14H,8-13H2,(H,27,31). The first-order chi connectivity index (χ1) is 15.2. The Kier molecular flexibility index (Phi) is 6.44. The Bertz CT molecular complexity index is 1010. The molecule has 1 N–H and O–H groups in total. The Balaban J connectivity index is 1.40. The van der Waals surface area contributed by atoms with Crippen molar-refractivity contribution in [3.8, 4) is 0 Å². The first-order valence-corrected chi connectivity index (χ1v) is 11.9. The van der Waals surface area contributed by atoms with E-state index in [1.165, 1.54) is 12.1 Å². The van der Waals surface area contributed by atoms with Gasteiger partial charge in [0, 0.05) is 41.1 Å². The molecule has 0 radical (unpaired) electrons. The summed E-state index contributed by atoms with van der Waals surface area (Å²) in [6, 6.07) is 11.4. The molecule has 2 fully saturated rings. The minimum Gasteiger partial charge on any atom is -0.324 e. The molecule has 3 amide bonds. The van der Waals surface area contributed by atoms with Crippen LogP contribution in [0.2, 0.25) is 0 Å². The van der Waals surface area contributed by atoms with Crippen molar-refractivity contribution in [1.82, 2.24) is 9.80 Å². The number of rotatable bonds is 2. The molecule has 170 valence electrons. The van der Waals surface area contributed by atoms with Gasteiger partial charge in [-0.15, -0.1) is 11.8 Å². The van der Waals surface area contributed by atoms with Crippen LogP contribution in [0.15, 0.2) is 53.0 Å². The normalized spacial score (nSPS) is 18.1. The summed E-state index contributed by atoms with van der Waals surface area (Å²) in [6.45, 7) is 1.49. The predicted octanol–water partition coefficient (Wildman–Crippen LogP) is 5.68. The van der Waals surface area contributed by atoms with E-state index in [-0.39, 0.29) is 16.5 Å². The summed E-state index contributed by atoms with van der Waals surface area (Å²) < 4.78 is 39.6. The van der Waals surface area contributed by atoms with Crippen LogP contribution in [0.25, 0.3) is 0 Å². The zero-order valence-electron chi connectivity index (χ0n) is 17.0. The Morgan fingerprint density at radius 3 is 2.38 bits per heavy atom. The Morgan fingerprint density at radius 1 is 1.03 bits per heavy atom. The number of carbonyl (C=O) groups excluding carboxylic acids is 2. The van der Waals surface area contributed by atoms with Crippen LogP contribution >= 0.6 is 27.7 Å². The molecule has 0 atom stereocenters. The van der Waals surface area contributed by atoms with E-state index in [9.17, 15) is 22.8 Å². The summed E-state index contributed by atoms with van der Waals surface area (Å²) in [6.07, 6.45) is -3.26. The van der Waals surface area contributed by atoms with Gasteiger partial charge in [0.25, 0.3) is 5.91 Å². The first kappa shape index (κ1) is 23.0. The monoisotopic (exact) mass is 527 g/mol. The van der Waals surface area contributed by atoms with Crippen molar-refractivity contribution in [2.24, 2.45) is 0 Å². The van der Waals surface area contributed by atoms with Gasteiger partial charge in [-0.05, 0) is 55.3 Å². The fourth-order valence-electron chi connectivity index (χ4n) is 4.09. The van der Waals surface area contributed by atoms with E-state index >= 15 is 0 Å². The molecule has 1 spiro atoms. The molecule has 32 heavy (non-hydrogen) atoms. The van der Waals surface area contributed by atoms with Gasteiger partial charge < -0.3 is 15.1 Å². The van der Waals surface area contributed by atoms with Crippen molar-refractivity contribution < 1.29 is 22.8 Å². The van der Waals surface area contributed by atoms with E-state index in [1.807, 2.05) is 17.0 Å². The first-order valence-electron chi connectivity index (χ1n) is 10.1. The van der Waals surface area contributed by atoms with E-state index in [0.29, 0.717) is 38.0 Å². The molecule has 2 aliphatic heterocycles. The predicted molar refractivity (Wildman–Crippen MR) is 122 cm³/mol. The van der Waals surface area contributed by atoms with Crippen LogP contribution < -0.4 is 5.32 Å². The molecule has 2 heterocycles. The summed E-state index contributed by atoms with van der Waals surface area (Å²) in [4.78, 5) is 28.9. The smallest absolute Gasteiger partial charge is 0.324 e. The number of amides is 3. The van der Waals surface area contributed by atoms with Crippen LogP contribution in [-0.2, 0) is 6.18 Å². The summed E-state index contributed by atoms with van der Waals surface area (Å²) >= 11 is 5.11. The van der Waals surface area contributed by atoms with E-state index in [2.05, 4.69) is 21.2 Å². The number of hydrogen-bond acceptors (Lipinski definition) is 3. The van der Waals surface area contributed by atoms with Gasteiger partial charge in [0.2, 0.25) is 0 Å². The maximum absolute atomic E-state index is 13.1. The number of nitrogens with one attached hydrogen (secondary N) is 1. The number of anilines is 1. The molecule has 2 aromatic rings. The van der Waals surface area contributed by atoms with E-state index in [4.69, 9.17) is 0 Å². The third-order valence-corrected chi connectivity index (χ3v) is 7.87. The quantitative estimate of drug-likeness (QED) is 0.546. The van der Waals surface area contributed by atoms with E-state index in [0.717, 1.165) is 22.4 Å². The lowest BCUT2D eigenvalue weighted by Crippen LogP contribution is -2.54. The number of urea groups is 1. The van der Waals surface area contributed by atoms with E-state index in [1.54, 1.807) is 28.8 Å². The summed E-state index contributed by atoms with van der Waals surface area (Å²) in [7, 11) is 0. The molecule has 2 aliphatic rings. The number of carbonyl (C=O) groups is 2.